The molecule has 1 N–H and O–H groups in total. The Morgan fingerprint density at radius 3 is 2.88 bits per heavy atom. The van der Waals surface area contributed by atoms with Crippen molar-refractivity contribution in [2.75, 3.05) is 19.6 Å². The van der Waals surface area contributed by atoms with Gasteiger partial charge in [0.2, 0.25) is 0 Å². The standard InChI is InChI=1S/C11H17N3O2/c1-3-14-4-8(9(5-14)11(15)16)10-6-13(2)7-12-10/h6-9H,3-5H2,1-2H3,(H,15,16)/t8-,9-/m0/s1. The molecule has 2 rings (SSSR count). The number of aliphatic carboxylic acids is 1. The number of aromatic nitrogens is 2. The predicted molar refractivity (Wildman–Crippen MR) is 59.2 cm³/mol. The molecule has 0 aromatic carbocycles. The number of carbonyl (C=O) groups is 1. The van der Waals surface area contributed by atoms with E-state index in [2.05, 4.69) is 16.8 Å². The summed E-state index contributed by atoms with van der Waals surface area (Å²) in [6, 6.07) is 0. The molecule has 0 unspecified atom stereocenters. The minimum atomic E-state index is -0.716. The SMILES string of the molecule is CCN1C[C@H](C(=O)O)[C@@H](c2cn(C)cn2)C1. The van der Waals surface area contributed by atoms with Crippen molar-refractivity contribution in [2.24, 2.45) is 13.0 Å². The molecule has 0 spiro atoms. The summed E-state index contributed by atoms with van der Waals surface area (Å²) in [5.74, 6) is -1.01. The summed E-state index contributed by atoms with van der Waals surface area (Å²) in [4.78, 5) is 17.6. The average Bonchev–Trinajstić information content (AvgIpc) is 2.82. The third-order valence-corrected chi connectivity index (χ3v) is 3.26. The number of carboxylic acid groups (broad SMARTS) is 1. The molecule has 1 fully saturated rings. The number of likely N-dealkylation sites (N-methyl/N-ethyl adjacent to an activating group) is 1. The Labute approximate surface area is 94.7 Å². The van der Waals surface area contributed by atoms with Crippen molar-refractivity contribution in [2.45, 2.75) is 12.8 Å². The molecule has 0 saturated carbocycles. The monoisotopic (exact) mass is 223 g/mol. The molecule has 2 heterocycles. The number of nitrogens with zero attached hydrogens (tertiary/aromatic N) is 3. The molecule has 5 nitrogen and oxygen atoms in total. The Hall–Kier alpha value is -1.36. The summed E-state index contributed by atoms with van der Waals surface area (Å²) in [6.45, 7) is 4.38. The van der Waals surface area contributed by atoms with Gasteiger partial charge in [-0.05, 0) is 6.54 Å². The Morgan fingerprint density at radius 2 is 2.38 bits per heavy atom. The van der Waals surface area contributed by atoms with E-state index in [1.807, 2.05) is 17.8 Å². The Balaban J connectivity index is 2.21. The van der Waals surface area contributed by atoms with Gasteiger partial charge in [-0.3, -0.25) is 4.79 Å². The van der Waals surface area contributed by atoms with Crippen LogP contribution in [0.5, 0.6) is 0 Å². The maximum atomic E-state index is 11.2. The predicted octanol–water partition coefficient (Wildman–Crippen LogP) is 0.540. The lowest BCUT2D eigenvalue weighted by Gasteiger charge is -2.11. The quantitative estimate of drug-likeness (QED) is 0.812. The summed E-state index contributed by atoms with van der Waals surface area (Å²) in [5.41, 5.74) is 0.894. The third kappa shape index (κ3) is 1.95. The Morgan fingerprint density at radius 1 is 1.62 bits per heavy atom. The van der Waals surface area contributed by atoms with Crippen LogP contribution in [0.1, 0.15) is 18.5 Å². The number of imidazole rings is 1. The van der Waals surface area contributed by atoms with E-state index in [4.69, 9.17) is 0 Å². The van der Waals surface area contributed by atoms with Crippen molar-refractivity contribution in [3.8, 4) is 0 Å². The molecule has 5 heteroatoms. The maximum absolute atomic E-state index is 11.2. The highest BCUT2D eigenvalue weighted by Crippen LogP contribution is 2.31. The number of aryl methyl sites for hydroxylation is 1. The molecule has 1 aromatic rings. The van der Waals surface area contributed by atoms with Crippen LogP contribution in [0.4, 0.5) is 0 Å². The van der Waals surface area contributed by atoms with E-state index in [-0.39, 0.29) is 11.8 Å². The van der Waals surface area contributed by atoms with E-state index in [1.165, 1.54) is 0 Å². The Bertz CT molecular complexity index is 388. The van der Waals surface area contributed by atoms with Crippen LogP contribution < -0.4 is 0 Å². The van der Waals surface area contributed by atoms with Gasteiger partial charge in [0, 0.05) is 32.3 Å². The van der Waals surface area contributed by atoms with Crippen LogP contribution in [0.3, 0.4) is 0 Å². The summed E-state index contributed by atoms with van der Waals surface area (Å²) in [6.07, 6.45) is 3.64. The van der Waals surface area contributed by atoms with Gasteiger partial charge in [-0.2, -0.15) is 0 Å². The number of carboxylic acids is 1. The van der Waals surface area contributed by atoms with Crippen molar-refractivity contribution < 1.29 is 9.90 Å². The van der Waals surface area contributed by atoms with Crippen molar-refractivity contribution in [3.63, 3.8) is 0 Å². The van der Waals surface area contributed by atoms with Gasteiger partial charge in [0.25, 0.3) is 0 Å². The molecule has 1 aromatic heterocycles. The molecular formula is C11H17N3O2. The van der Waals surface area contributed by atoms with Crippen molar-refractivity contribution in [1.29, 1.82) is 0 Å². The second-order valence-corrected chi connectivity index (χ2v) is 4.37. The summed E-state index contributed by atoms with van der Waals surface area (Å²) in [5, 5.41) is 9.20. The molecule has 1 aliphatic rings. The van der Waals surface area contributed by atoms with Crippen LogP contribution in [0.15, 0.2) is 12.5 Å². The second-order valence-electron chi connectivity index (χ2n) is 4.37. The molecule has 0 amide bonds. The van der Waals surface area contributed by atoms with E-state index in [9.17, 15) is 9.90 Å². The van der Waals surface area contributed by atoms with Crippen molar-refractivity contribution >= 4 is 5.97 Å². The van der Waals surface area contributed by atoms with Gasteiger partial charge in [0.15, 0.2) is 0 Å². The number of hydrogen-bond acceptors (Lipinski definition) is 3. The minimum absolute atomic E-state index is 0.0265. The average molecular weight is 223 g/mol. The first-order valence-corrected chi connectivity index (χ1v) is 5.54. The topological polar surface area (TPSA) is 58.4 Å². The van der Waals surface area contributed by atoms with Crippen molar-refractivity contribution in [1.82, 2.24) is 14.5 Å². The van der Waals surface area contributed by atoms with Crippen LogP contribution in [-0.2, 0) is 11.8 Å². The second kappa shape index (κ2) is 4.25. The van der Waals surface area contributed by atoms with Crippen LogP contribution in [0.2, 0.25) is 0 Å². The molecule has 0 aliphatic carbocycles. The lowest BCUT2D eigenvalue weighted by molar-refractivity contribution is -0.141. The molecule has 1 aliphatic heterocycles. The van der Waals surface area contributed by atoms with Gasteiger partial charge in [0.1, 0.15) is 0 Å². The number of hydrogen-bond donors (Lipinski definition) is 1. The molecule has 1 saturated heterocycles. The number of rotatable bonds is 3. The molecular weight excluding hydrogens is 206 g/mol. The zero-order valence-electron chi connectivity index (χ0n) is 9.63. The third-order valence-electron chi connectivity index (χ3n) is 3.26. The molecule has 2 atom stereocenters. The van der Waals surface area contributed by atoms with Crippen LogP contribution >= 0.6 is 0 Å². The maximum Gasteiger partial charge on any atom is 0.308 e. The van der Waals surface area contributed by atoms with E-state index >= 15 is 0 Å². The van der Waals surface area contributed by atoms with Gasteiger partial charge in [-0.25, -0.2) is 4.98 Å². The van der Waals surface area contributed by atoms with Gasteiger partial charge >= 0.3 is 5.97 Å². The van der Waals surface area contributed by atoms with Crippen LogP contribution in [0, 0.1) is 5.92 Å². The fraction of sp³-hybridized carbons (Fsp3) is 0.636. The normalized spacial score (nSPS) is 26.1. The summed E-state index contributed by atoms with van der Waals surface area (Å²) in [7, 11) is 1.90. The van der Waals surface area contributed by atoms with E-state index in [0.717, 1.165) is 18.8 Å². The zero-order chi connectivity index (χ0) is 11.7. The summed E-state index contributed by atoms with van der Waals surface area (Å²) >= 11 is 0. The van der Waals surface area contributed by atoms with Gasteiger partial charge in [-0.15, -0.1) is 0 Å². The van der Waals surface area contributed by atoms with Gasteiger partial charge in [0.05, 0.1) is 17.9 Å². The minimum Gasteiger partial charge on any atom is -0.481 e. The smallest absolute Gasteiger partial charge is 0.308 e. The first kappa shape index (κ1) is 11.1. The van der Waals surface area contributed by atoms with Gasteiger partial charge in [-0.1, -0.05) is 6.92 Å². The van der Waals surface area contributed by atoms with E-state index in [1.54, 1.807) is 6.33 Å². The first-order valence-electron chi connectivity index (χ1n) is 5.54. The zero-order valence-corrected chi connectivity index (χ0v) is 9.63. The summed E-state index contributed by atoms with van der Waals surface area (Å²) < 4.78 is 1.86. The lowest BCUT2D eigenvalue weighted by Crippen LogP contribution is -2.23. The molecule has 0 radical (unpaired) electrons. The fourth-order valence-electron chi connectivity index (χ4n) is 2.32. The van der Waals surface area contributed by atoms with E-state index < -0.39 is 5.97 Å². The van der Waals surface area contributed by atoms with E-state index in [0.29, 0.717) is 6.54 Å². The van der Waals surface area contributed by atoms with Crippen LogP contribution in [0.25, 0.3) is 0 Å². The molecule has 16 heavy (non-hydrogen) atoms. The highest BCUT2D eigenvalue weighted by molar-refractivity contribution is 5.72. The molecule has 88 valence electrons. The van der Waals surface area contributed by atoms with Gasteiger partial charge < -0.3 is 14.6 Å². The molecule has 0 bridgehead atoms. The van der Waals surface area contributed by atoms with Crippen molar-refractivity contribution in [3.05, 3.63) is 18.2 Å². The number of likely N-dealkylation sites (tertiary alicyclic amines) is 1. The Kier molecular flexibility index (Phi) is 2.96. The highest BCUT2D eigenvalue weighted by Gasteiger charge is 2.38. The first-order chi connectivity index (χ1) is 7.61. The highest BCUT2D eigenvalue weighted by atomic mass is 16.4. The largest absolute Gasteiger partial charge is 0.481 e. The fourth-order valence-corrected chi connectivity index (χ4v) is 2.32. The lowest BCUT2D eigenvalue weighted by atomic mass is 9.94. The van der Waals surface area contributed by atoms with Crippen LogP contribution in [-0.4, -0.2) is 45.2 Å².